The van der Waals surface area contributed by atoms with E-state index >= 15 is 0 Å². The zero-order valence-electron chi connectivity index (χ0n) is 17.3. The van der Waals surface area contributed by atoms with Crippen LogP contribution in [-0.2, 0) is 0 Å². The van der Waals surface area contributed by atoms with Crippen molar-refractivity contribution in [1.29, 1.82) is 0 Å². The number of amides is 1. The minimum Gasteiger partial charge on any atom is -0.496 e. The highest BCUT2D eigenvalue weighted by atomic mass is 19.2. The van der Waals surface area contributed by atoms with Gasteiger partial charge >= 0.3 is 0 Å². The number of halogens is 3. The third-order valence-corrected chi connectivity index (χ3v) is 5.36. The zero-order valence-corrected chi connectivity index (χ0v) is 17.3. The Kier molecular flexibility index (Phi) is 6.25. The van der Waals surface area contributed by atoms with Gasteiger partial charge in [-0.25, -0.2) is 13.2 Å². The number of anilines is 1. The lowest BCUT2D eigenvalue weighted by molar-refractivity contribution is 0.0932. The molecule has 9 heteroatoms. The normalized spacial score (nSPS) is 16.0. The van der Waals surface area contributed by atoms with Gasteiger partial charge in [0.2, 0.25) is 0 Å². The van der Waals surface area contributed by atoms with Crippen LogP contribution in [0.5, 0.6) is 5.75 Å². The first-order valence-electron chi connectivity index (χ1n) is 10.1. The maximum absolute atomic E-state index is 13.4. The molecule has 1 aliphatic heterocycles. The summed E-state index contributed by atoms with van der Waals surface area (Å²) in [5.74, 6) is -3.70. The SMILES string of the molecule is COc1ccccc1-c1ccc(N2CCCC(NC(=O)c3cc(F)c(F)c(F)c3)C2)nn1. The molecule has 1 fully saturated rings. The lowest BCUT2D eigenvalue weighted by Crippen LogP contribution is -2.48. The summed E-state index contributed by atoms with van der Waals surface area (Å²) in [5.41, 5.74) is 1.24. The molecule has 1 saturated heterocycles. The van der Waals surface area contributed by atoms with E-state index in [0.29, 0.717) is 42.4 Å². The van der Waals surface area contributed by atoms with Crippen molar-refractivity contribution >= 4 is 11.7 Å². The Morgan fingerprint density at radius 3 is 2.53 bits per heavy atom. The summed E-state index contributed by atoms with van der Waals surface area (Å²) in [6.45, 7) is 1.19. The zero-order chi connectivity index (χ0) is 22.7. The van der Waals surface area contributed by atoms with Crippen molar-refractivity contribution in [2.75, 3.05) is 25.1 Å². The van der Waals surface area contributed by atoms with Gasteiger partial charge in [-0.2, -0.15) is 0 Å². The van der Waals surface area contributed by atoms with E-state index in [0.717, 1.165) is 18.5 Å². The van der Waals surface area contributed by atoms with Crippen molar-refractivity contribution in [3.63, 3.8) is 0 Å². The van der Waals surface area contributed by atoms with Crippen LogP contribution in [-0.4, -0.2) is 42.3 Å². The summed E-state index contributed by atoms with van der Waals surface area (Å²) < 4.78 is 45.4. The van der Waals surface area contributed by atoms with Gasteiger partial charge in [0.15, 0.2) is 23.3 Å². The maximum atomic E-state index is 13.4. The van der Waals surface area contributed by atoms with E-state index in [1.54, 1.807) is 7.11 Å². The van der Waals surface area contributed by atoms with Crippen LogP contribution in [0, 0.1) is 17.5 Å². The quantitative estimate of drug-likeness (QED) is 0.606. The lowest BCUT2D eigenvalue weighted by atomic mass is 10.0. The van der Waals surface area contributed by atoms with Crippen LogP contribution in [0.15, 0.2) is 48.5 Å². The minimum atomic E-state index is -1.60. The number of piperidine rings is 1. The largest absolute Gasteiger partial charge is 0.496 e. The summed E-state index contributed by atoms with van der Waals surface area (Å²) >= 11 is 0. The Hall–Kier alpha value is -3.62. The first kappa shape index (κ1) is 21.6. The molecule has 0 radical (unpaired) electrons. The van der Waals surface area contributed by atoms with Gasteiger partial charge in [-0.1, -0.05) is 12.1 Å². The van der Waals surface area contributed by atoms with E-state index in [-0.39, 0.29) is 11.6 Å². The van der Waals surface area contributed by atoms with Crippen LogP contribution in [0.2, 0.25) is 0 Å². The number of ether oxygens (including phenoxy) is 1. The fourth-order valence-electron chi connectivity index (χ4n) is 3.75. The molecule has 0 saturated carbocycles. The van der Waals surface area contributed by atoms with Gasteiger partial charge in [0.1, 0.15) is 5.75 Å². The fraction of sp³-hybridized carbons (Fsp3) is 0.261. The van der Waals surface area contributed by atoms with Gasteiger partial charge in [-0.05, 0) is 49.2 Å². The molecule has 2 heterocycles. The molecular weight excluding hydrogens is 421 g/mol. The Balaban J connectivity index is 1.44. The van der Waals surface area contributed by atoms with E-state index in [9.17, 15) is 18.0 Å². The van der Waals surface area contributed by atoms with E-state index in [2.05, 4.69) is 15.5 Å². The van der Waals surface area contributed by atoms with Gasteiger partial charge in [0.05, 0.1) is 12.8 Å². The molecule has 1 aliphatic rings. The molecule has 4 rings (SSSR count). The van der Waals surface area contributed by atoms with Crippen molar-refractivity contribution in [2.45, 2.75) is 18.9 Å². The van der Waals surface area contributed by atoms with Crippen molar-refractivity contribution < 1.29 is 22.7 Å². The predicted molar refractivity (Wildman–Crippen MR) is 113 cm³/mol. The van der Waals surface area contributed by atoms with Gasteiger partial charge in [-0.15, -0.1) is 10.2 Å². The molecule has 32 heavy (non-hydrogen) atoms. The molecule has 1 N–H and O–H groups in total. The molecule has 6 nitrogen and oxygen atoms in total. The van der Waals surface area contributed by atoms with Crippen LogP contribution < -0.4 is 15.0 Å². The van der Waals surface area contributed by atoms with E-state index < -0.39 is 23.4 Å². The number of nitrogens with zero attached hydrogens (tertiary/aromatic N) is 3. The smallest absolute Gasteiger partial charge is 0.251 e. The van der Waals surface area contributed by atoms with Crippen molar-refractivity contribution in [3.05, 3.63) is 71.5 Å². The predicted octanol–water partition coefficient (Wildman–Crippen LogP) is 3.97. The molecule has 1 unspecified atom stereocenters. The summed E-state index contributed by atoms with van der Waals surface area (Å²) in [7, 11) is 1.59. The average molecular weight is 442 g/mol. The van der Waals surface area contributed by atoms with Crippen molar-refractivity contribution in [2.24, 2.45) is 0 Å². The Bertz CT molecular complexity index is 1100. The Labute approximate surface area is 183 Å². The van der Waals surface area contributed by atoms with Crippen molar-refractivity contribution in [1.82, 2.24) is 15.5 Å². The van der Waals surface area contributed by atoms with E-state index in [1.165, 1.54) is 0 Å². The number of hydrogen-bond donors (Lipinski definition) is 1. The topological polar surface area (TPSA) is 67.3 Å². The molecule has 166 valence electrons. The monoisotopic (exact) mass is 442 g/mol. The third-order valence-electron chi connectivity index (χ3n) is 5.36. The molecule has 0 bridgehead atoms. The summed E-state index contributed by atoms with van der Waals surface area (Å²) in [6.07, 6.45) is 1.48. The highest BCUT2D eigenvalue weighted by molar-refractivity contribution is 5.94. The van der Waals surface area contributed by atoms with E-state index in [4.69, 9.17) is 4.74 Å². The highest BCUT2D eigenvalue weighted by Crippen LogP contribution is 2.28. The van der Waals surface area contributed by atoms with Crippen LogP contribution in [0.4, 0.5) is 19.0 Å². The summed E-state index contributed by atoms with van der Waals surface area (Å²) in [5, 5.41) is 11.4. The fourth-order valence-corrected chi connectivity index (χ4v) is 3.75. The number of hydrogen-bond acceptors (Lipinski definition) is 5. The first-order valence-corrected chi connectivity index (χ1v) is 10.1. The number of benzene rings is 2. The second kappa shape index (κ2) is 9.25. The number of nitrogens with one attached hydrogen (secondary N) is 1. The van der Waals surface area contributed by atoms with Crippen molar-refractivity contribution in [3.8, 4) is 17.0 Å². The second-order valence-corrected chi connectivity index (χ2v) is 7.49. The van der Waals surface area contributed by atoms with Crippen LogP contribution in [0.25, 0.3) is 11.3 Å². The van der Waals surface area contributed by atoms with Gasteiger partial charge in [-0.3, -0.25) is 4.79 Å². The standard InChI is InChI=1S/C23H21F3N4O2/c1-32-20-7-3-2-6-16(20)19-8-9-21(29-28-19)30-10-4-5-15(13-30)27-23(31)14-11-17(24)22(26)18(25)12-14/h2-3,6-9,11-12,15H,4-5,10,13H2,1H3,(H,27,31). The second-order valence-electron chi connectivity index (χ2n) is 7.49. The third kappa shape index (κ3) is 4.51. The minimum absolute atomic E-state index is 0.261. The molecule has 1 aromatic heterocycles. The summed E-state index contributed by atoms with van der Waals surface area (Å²) in [4.78, 5) is 14.4. The number of methoxy groups -OCH3 is 1. The number of rotatable bonds is 5. The van der Waals surface area contributed by atoms with Gasteiger partial charge < -0.3 is 15.0 Å². The molecule has 0 aliphatic carbocycles. The van der Waals surface area contributed by atoms with Crippen LogP contribution in [0.1, 0.15) is 23.2 Å². The lowest BCUT2D eigenvalue weighted by Gasteiger charge is -2.33. The molecule has 1 atom stereocenters. The van der Waals surface area contributed by atoms with E-state index in [1.807, 2.05) is 41.3 Å². The Morgan fingerprint density at radius 2 is 1.84 bits per heavy atom. The van der Waals surface area contributed by atoms with Crippen LogP contribution in [0.3, 0.4) is 0 Å². The van der Waals surface area contributed by atoms with Gasteiger partial charge in [0, 0.05) is 30.3 Å². The molecule has 3 aromatic rings. The van der Waals surface area contributed by atoms with Gasteiger partial charge in [0.25, 0.3) is 5.91 Å². The average Bonchev–Trinajstić information content (AvgIpc) is 2.82. The highest BCUT2D eigenvalue weighted by Gasteiger charge is 2.24. The van der Waals surface area contributed by atoms with Crippen LogP contribution >= 0.6 is 0 Å². The molecule has 2 aromatic carbocycles. The summed E-state index contributed by atoms with van der Waals surface area (Å²) in [6, 6.07) is 12.3. The Morgan fingerprint density at radius 1 is 1.09 bits per heavy atom. The number of carbonyl (C=O) groups is 1. The maximum Gasteiger partial charge on any atom is 0.251 e. The molecule has 0 spiro atoms. The number of carbonyl (C=O) groups excluding carboxylic acids is 1. The molecule has 1 amide bonds. The number of aromatic nitrogens is 2. The molecular formula is C23H21F3N4O2. The number of para-hydroxylation sites is 1. The first-order chi connectivity index (χ1) is 15.5.